The molecule has 2 fully saturated rings. The maximum absolute atomic E-state index is 13.0. The molecule has 2 aliphatic heterocycles. The fraction of sp³-hybridized carbons (Fsp3) is 0.412. The van der Waals surface area contributed by atoms with Crippen molar-refractivity contribution in [3.8, 4) is 0 Å². The van der Waals surface area contributed by atoms with E-state index in [0.29, 0.717) is 12.0 Å². The summed E-state index contributed by atoms with van der Waals surface area (Å²) in [4.78, 5) is 14.9. The van der Waals surface area contributed by atoms with E-state index in [0.717, 1.165) is 45.0 Å². The van der Waals surface area contributed by atoms with Gasteiger partial charge in [-0.15, -0.1) is 0 Å². The van der Waals surface area contributed by atoms with Gasteiger partial charge in [0.1, 0.15) is 5.82 Å². The first-order valence-electron chi connectivity index (χ1n) is 8.16. The summed E-state index contributed by atoms with van der Waals surface area (Å²) in [7, 11) is 0. The molecule has 0 atom stereocenters. The summed E-state index contributed by atoms with van der Waals surface area (Å²) >= 11 is 0. The molecule has 4 rings (SSSR count). The van der Waals surface area contributed by atoms with Crippen LogP contribution in [0.1, 0.15) is 0 Å². The van der Waals surface area contributed by atoms with Crippen molar-refractivity contribution in [2.24, 2.45) is 0 Å². The van der Waals surface area contributed by atoms with Gasteiger partial charge in [-0.25, -0.2) is 18.7 Å². The number of nitrogens with zero attached hydrogens (tertiary/aromatic N) is 5. The minimum atomic E-state index is -0.410. The molecule has 0 spiro atoms. The van der Waals surface area contributed by atoms with Crippen LogP contribution >= 0.6 is 0 Å². The van der Waals surface area contributed by atoms with Crippen LogP contribution in [0.25, 0.3) is 0 Å². The second kappa shape index (κ2) is 6.32. The predicted octanol–water partition coefficient (Wildman–Crippen LogP) is 1.77. The number of hydrogen-bond donors (Lipinski definition) is 0. The van der Waals surface area contributed by atoms with Gasteiger partial charge in [0, 0.05) is 51.0 Å². The van der Waals surface area contributed by atoms with Crippen molar-refractivity contribution < 1.29 is 8.78 Å². The first kappa shape index (κ1) is 15.3. The number of piperazine rings is 1. The first-order valence-corrected chi connectivity index (χ1v) is 8.16. The Balaban J connectivity index is 1.28. The Hall–Kier alpha value is -2.28. The second-order valence-electron chi connectivity index (χ2n) is 6.26. The second-order valence-corrected chi connectivity index (χ2v) is 6.26. The molecule has 0 amide bonds. The van der Waals surface area contributed by atoms with E-state index in [1.165, 1.54) is 24.5 Å². The molecule has 0 radical (unpaired) electrons. The van der Waals surface area contributed by atoms with Crippen LogP contribution in [0.2, 0.25) is 0 Å². The van der Waals surface area contributed by atoms with E-state index in [4.69, 9.17) is 0 Å². The van der Waals surface area contributed by atoms with E-state index >= 15 is 0 Å². The van der Waals surface area contributed by atoms with Gasteiger partial charge < -0.3 is 9.80 Å². The summed E-state index contributed by atoms with van der Waals surface area (Å²) in [6.45, 7) is 5.61. The fourth-order valence-electron chi connectivity index (χ4n) is 3.32. The Morgan fingerprint density at radius 3 is 2.04 bits per heavy atom. The summed E-state index contributed by atoms with van der Waals surface area (Å²) in [5, 5.41) is 0. The maximum atomic E-state index is 13.0. The van der Waals surface area contributed by atoms with Crippen molar-refractivity contribution >= 4 is 11.6 Å². The van der Waals surface area contributed by atoms with Crippen LogP contribution in [0.4, 0.5) is 20.4 Å². The van der Waals surface area contributed by atoms with E-state index in [-0.39, 0.29) is 5.82 Å². The van der Waals surface area contributed by atoms with Gasteiger partial charge in [-0.1, -0.05) is 0 Å². The number of benzene rings is 1. The number of aromatic nitrogens is 2. The zero-order valence-corrected chi connectivity index (χ0v) is 13.3. The highest BCUT2D eigenvalue weighted by Gasteiger charge is 2.34. The molecular weight excluding hydrogens is 312 g/mol. The van der Waals surface area contributed by atoms with E-state index in [1.807, 2.05) is 12.1 Å². The van der Waals surface area contributed by atoms with Gasteiger partial charge in [0.15, 0.2) is 5.82 Å². The maximum Gasteiger partial charge on any atom is 0.225 e. The minimum absolute atomic E-state index is 0.199. The lowest BCUT2D eigenvalue weighted by Gasteiger charge is -2.48. The number of rotatable bonds is 3. The lowest BCUT2D eigenvalue weighted by molar-refractivity contribution is 0.156. The molecule has 7 heteroatoms. The quantitative estimate of drug-likeness (QED) is 0.856. The standard InChI is InChI=1S/C17H19F2N5/c18-13-1-3-15(4-2-13)22-5-7-23(8-6-22)16-11-24(12-16)17-20-9-14(19)10-21-17/h1-4,9-10,16H,5-8,11-12H2. The summed E-state index contributed by atoms with van der Waals surface area (Å²) in [6.07, 6.45) is 2.41. The topological polar surface area (TPSA) is 35.5 Å². The molecule has 0 saturated carbocycles. The smallest absolute Gasteiger partial charge is 0.225 e. The van der Waals surface area contributed by atoms with Gasteiger partial charge in [-0.3, -0.25) is 4.90 Å². The first-order chi connectivity index (χ1) is 11.7. The van der Waals surface area contributed by atoms with Crippen molar-refractivity contribution in [2.45, 2.75) is 6.04 Å². The molecule has 0 bridgehead atoms. The Labute approximate surface area is 139 Å². The molecule has 2 saturated heterocycles. The van der Waals surface area contributed by atoms with Crippen LogP contribution in [0.3, 0.4) is 0 Å². The monoisotopic (exact) mass is 331 g/mol. The third-order valence-electron chi connectivity index (χ3n) is 4.77. The number of hydrogen-bond acceptors (Lipinski definition) is 5. The third-order valence-corrected chi connectivity index (χ3v) is 4.77. The minimum Gasteiger partial charge on any atom is -0.369 e. The van der Waals surface area contributed by atoms with Gasteiger partial charge in [0.25, 0.3) is 0 Å². The molecule has 2 aromatic rings. The zero-order valence-electron chi connectivity index (χ0n) is 13.3. The molecule has 2 aliphatic rings. The Morgan fingerprint density at radius 1 is 0.792 bits per heavy atom. The lowest BCUT2D eigenvalue weighted by Crippen LogP contribution is -2.63. The molecule has 0 unspecified atom stereocenters. The van der Waals surface area contributed by atoms with E-state index in [1.54, 1.807) is 0 Å². The average molecular weight is 331 g/mol. The summed E-state index contributed by atoms with van der Waals surface area (Å²) in [6, 6.07) is 7.18. The molecule has 126 valence electrons. The van der Waals surface area contributed by atoms with Gasteiger partial charge in [0.2, 0.25) is 5.95 Å². The third kappa shape index (κ3) is 3.03. The molecule has 5 nitrogen and oxygen atoms in total. The van der Waals surface area contributed by atoms with E-state index < -0.39 is 5.82 Å². The highest BCUT2D eigenvalue weighted by atomic mass is 19.1. The van der Waals surface area contributed by atoms with Crippen molar-refractivity contribution in [1.82, 2.24) is 14.9 Å². The van der Waals surface area contributed by atoms with Crippen molar-refractivity contribution in [3.05, 3.63) is 48.3 Å². The van der Waals surface area contributed by atoms with E-state index in [2.05, 4.69) is 24.7 Å². The Morgan fingerprint density at radius 2 is 1.42 bits per heavy atom. The van der Waals surface area contributed by atoms with E-state index in [9.17, 15) is 8.78 Å². The van der Waals surface area contributed by atoms with Crippen LogP contribution < -0.4 is 9.80 Å². The average Bonchev–Trinajstić information content (AvgIpc) is 2.57. The summed E-state index contributed by atoms with van der Waals surface area (Å²) in [5.41, 5.74) is 1.07. The summed E-state index contributed by atoms with van der Waals surface area (Å²) < 4.78 is 25.9. The van der Waals surface area contributed by atoms with Gasteiger partial charge in [0.05, 0.1) is 12.4 Å². The van der Waals surface area contributed by atoms with Gasteiger partial charge in [-0.2, -0.15) is 0 Å². The van der Waals surface area contributed by atoms with Crippen molar-refractivity contribution in [1.29, 1.82) is 0 Å². The number of anilines is 2. The highest BCUT2D eigenvalue weighted by Crippen LogP contribution is 2.23. The largest absolute Gasteiger partial charge is 0.369 e. The summed E-state index contributed by atoms with van der Waals surface area (Å²) in [5.74, 6) is -0.0136. The predicted molar refractivity (Wildman–Crippen MR) is 88.2 cm³/mol. The van der Waals surface area contributed by atoms with Crippen LogP contribution in [0.5, 0.6) is 0 Å². The fourth-order valence-corrected chi connectivity index (χ4v) is 3.32. The van der Waals surface area contributed by atoms with Crippen molar-refractivity contribution in [2.75, 3.05) is 49.1 Å². The molecular formula is C17H19F2N5. The molecule has 24 heavy (non-hydrogen) atoms. The molecule has 0 N–H and O–H groups in total. The molecule has 1 aromatic carbocycles. The van der Waals surface area contributed by atoms with Gasteiger partial charge >= 0.3 is 0 Å². The lowest BCUT2D eigenvalue weighted by atomic mass is 10.1. The normalized spacial score (nSPS) is 19.4. The van der Waals surface area contributed by atoms with Gasteiger partial charge in [-0.05, 0) is 24.3 Å². The Kier molecular flexibility index (Phi) is 4.02. The van der Waals surface area contributed by atoms with Crippen LogP contribution in [0.15, 0.2) is 36.7 Å². The van der Waals surface area contributed by atoms with Crippen LogP contribution in [-0.4, -0.2) is 60.2 Å². The zero-order chi connectivity index (χ0) is 16.5. The highest BCUT2D eigenvalue weighted by molar-refractivity contribution is 5.46. The Bertz CT molecular complexity index is 677. The molecule has 3 heterocycles. The van der Waals surface area contributed by atoms with Crippen LogP contribution in [-0.2, 0) is 0 Å². The molecule has 1 aromatic heterocycles. The van der Waals surface area contributed by atoms with Crippen molar-refractivity contribution in [3.63, 3.8) is 0 Å². The SMILES string of the molecule is Fc1ccc(N2CCN(C3CN(c4ncc(F)cn4)C3)CC2)cc1. The molecule has 0 aliphatic carbocycles. The number of halogens is 2. The van der Waals surface area contributed by atoms with Crippen LogP contribution in [0, 0.1) is 11.6 Å².